The minimum atomic E-state index is -0.471. The molecular formula is C18H26O3. The molecule has 0 saturated carbocycles. The summed E-state index contributed by atoms with van der Waals surface area (Å²) in [6.45, 7) is 2.69. The van der Waals surface area contributed by atoms with Crippen LogP contribution in [0.25, 0.3) is 6.08 Å². The highest BCUT2D eigenvalue weighted by Gasteiger charge is 1.98. The van der Waals surface area contributed by atoms with E-state index in [0.717, 1.165) is 18.4 Å². The first-order valence-electron chi connectivity index (χ1n) is 7.89. The Morgan fingerprint density at radius 3 is 2.38 bits per heavy atom. The number of hydrogen-bond donors (Lipinski definition) is 0. The molecule has 1 rings (SSSR count). The third kappa shape index (κ3) is 9.85. The van der Waals surface area contributed by atoms with Gasteiger partial charge in [-0.3, -0.25) is 4.89 Å². The number of carbonyl (C=O) groups is 1. The van der Waals surface area contributed by atoms with Crippen molar-refractivity contribution in [1.29, 1.82) is 0 Å². The van der Waals surface area contributed by atoms with E-state index in [1.165, 1.54) is 38.2 Å². The van der Waals surface area contributed by atoms with E-state index >= 15 is 0 Å². The van der Waals surface area contributed by atoms with Gasteiger partial charge in [-0.1, -0.05) is 75.8 Å². The van der Waals surface area contributed by atoms with E-state index in [-0.39, 0.29) is 0 Å². The van der Waals surface area contributed by atoms with Gasteiger partial charge >= 0.3 is 5.97 Å². The summed E-state index contributed by atoms with van der Waals surface area (Å²) in [6.07, 6.45) is 11.6. The third-order valence-corrected chi connectivity index (χ3v) is 3.18. The fourth-order valence-corrected chi connectivity index (χ4v) is 1.97. The fourth-order valence-electron chi connectivity index (χ4n) is 1.97. The summed E-state index contributed by atoms with van der Waals surface area (Å²) in [7, 11) is 0. The standard InChI is InChI=1S/C18H26O3/c1-2-3-4-5-6-7-11-16-20-21-18(19)15-14-17-12-9-8-10-13-17/h8-10,12-15H,2-7,11,16H2,1H3. The van der Waals surface area contributed by atoms with E-state index in [2.05, 4.69) is 11.8 Å². The van der Waals surface area contributed by atoms with Crippen LogP contribution in [0.5, 0.6) is 0 Å². The molecule has 0 bridgehead atoms. The molecule has 0 fully saturated rings. The van der Waals surface area contributed by atoms with Crippen molar-refractivity contribution in [1.82, 2.24) is 0 Å². The van der Waals surface area contributed by atoms with Gasteiger partial charge in [0.25, 0.3) is 0 Å². The largest absolute Gasteiger partial charge is 0.365 e. The van der Waals surface area contributed by atoms with Gasteiger partial charge in [-0.05, 0) is 18.1 Å². The molecule has 3 nitrogen and oxygen atoms in total. The lowest BCUT2D eigenvalue weighted by molar-refractivity contribution is -0.267. The number of hydrogen-bond acceptors (Lipinski definition) is 3. The van der Waals surface area contributed by atoms with Gasteiger partial charge in [0.1, 0.15) is 0 Å². The number of benzene rings is 1. The summed E-state index contributed by atoms with van der Waals surface area (Å²) in [4.78, 5) is 21.0. The van der Waals surface area contributed by atoms with E-state index in [4.69, 9.17) is 4.89 Å². The van der Waals surface area contributed by atoms with Gasteiger partial charge in [0.15, 0.2) is 0 Å². The molecule has 0 unspecified atom stereocenters. The zero-order valence-corrected chi connectivity index (χ0v) is 12.9. The maximum absolute atomic E-state index is 11.4. The van der Waals surface area contributed by atoms with Crippen molar-refractivity contribution in [3.8, 4) is 0 Å². The Kier molecular flexibility index (Phi) is 10.1. The number of rotatable bonds is 11. The quantitative estimate of drug-likeness (QED) is 0.251. The Labute approximate surface area is 127 Å². The average Bonchev–Trinajstić information content (AvgIpc) is 2.52. The second kappa shape index (κ2) is 12.2. The molecule has 0 aliphatic heterocycles. The second-order valence-electron chi connectivity index (χ2n) is 5.09. The van der Waals surface area contributed by atoms with Crippen LogP contribution >= 0.6 is 0 Å². The van der Waals surface area contributed by atoms with Gasteiger partial charge < -0.3 is 0 Å². The van der Waals surface area contributed by atoms with Crippen LogP contribution in [0.1, 0.15) is 57.4 Å². The third-order valence-electron chi connectivity index (χ3n) is 3.18. The summed E-state index contributed by atoms with van der Waals surface area (Å²) in [5.41, 5.74) is 0.960. The van der Waals surface area contributed by atoms with E-state index in [1.54, 1.807) is 6.08 Å². The van der Waals surface area contributed by atoms with Crippen LogP contribution in [0, 0.1) is 0 Å². The molecule has 0 aliphatic carbocycles. The highest BCUT2D eigenvalue weighted by atomic mass is 17.2. The lowest BCUT2D eigenvalue weighted by Crippen LogP contribution is -2.03. The van der Waals surface area contributed by atoms with Crippen molar-refractivity contribution < 1.29 is 14.6 Å². The van der Waals surface area contributed by atoms with Crippen LogP contribution in [-0.2, 0) is 14.6 Å². The predicted molar refractivity (Wildman–Crippen MR) is 85.5 cm³/mol. The Bertz CT molecular complexity index is 398. The minimum Gasteiger partial charge on any atom is -0.294 e. The first-order valence-corrected chi connectivity index (χ1v) is 7.89. The lowest BCUT2D eigenvalue weighted by Gasteiger charge is -2.02. The van der Waals surface area contributed by atoms with Gasteiger partial charge in [-0.15, -0.1) is 0 Å². The topological polar surface area (TPSA) is 35.5 Å². The van der Waals surface area contributed by atoms with Gasteiger partial charge in [0, 0.05) is 6.08 Å². The van der Waals surface area contributed by atoms with E-state index < -0.39 is 5.97 Å². The fraction of sp³-hybridized carbons (Fsp3) is 0.500. The molecule has 0 N–H and O–H groups in total. The Morgan fingerprint density at radius 2 is 1.67 bits per heavy atom. The Hall–Kier alpha value is -1.61. The molecule has 0 saturated heterocycles. The molecule has 0 amide bonds. The van der Waals surface area contributed by atoms with Crippen LogP contribution in [0.15, 0.2) is 36.4 Å². The van der Waals surface area contributed by atoms with Gasteiger partial charge in [0.05, 0.1) is 6.61 Å². The van der Waals surface area contributed by atoms with E-state index in [1.807, 2.05) is 30.3 Å². The molecule has 1 aromatic carbocycles. The molecule has 116 valence electrons. The van der Waals surface area contributed by atoms with Crippen LogP contribution in [0.2, 0.25) is 0 Å². The molecule has 1 aromatic rings. The Morgan fingerprint density at radius 1 is 1.00 bits per heavy atom. The smallest absolute Gasteiger partial charge is 0.294 e. The normalized spacial score (nSPS) is 10.9. The molecule has 0 atom stereocenters. The van der Waals surface area contributed by atoms with Gasteiger partial charge in [-0.2, -0.15) is 4.89 Å². The molecule has 0 aromatic heterocycles. The van der Waals surface area contributed by atoms with Crippen molar-refractivity contribution >= 4 is 12.0 Å². The van der Waals surface area contributed by atoms with Crippen molar-refractivity contribution in [3.63, 3.8) is 0 Å². The predicted octanol–water partition coefficient (Wildman–Crippen LogP) is 4.93. The average molecular weight is 290 g/mol. The van der Waals surface area contributed by atoms with Gasteiger partial charge in [-0.25, -0.2) is 4.79 Å². The van der Waals surface area contributed by atoms with Crippen LogP contribution < -0.4 is 0 Å². The molecule has 0 spiro atoms. The first kappa shape index (κ1) is 17.4. The molecule has 0 heterocycles. The monoisotopic (exact) mass is 290 g/mol. The number of carbonyl (C=O) groups excluding carboxylic acids is 1. The molecule has 21 heavy (non-hydrogen) atoms. The Balaban J connectivity index is 1.97. The van der Waals surface area contributed by atoms with Crippen LogP contribution in [0.4, 0.5) is 0 Å². The summed E-state index contributed by atoms with van der Waals surface area (Å²) < 4.78 is 0. The van der Waals surface area contributed by atoms with E-state index in [9.17, 15) is 4.79 Å². The maximum Gasteiger partial charge on any atom is 0.365 e. The zero-order chi connectivity index (χ0) is 15.2. The summed E-state index contributed by atoms with van der Waals surface area (Å²) in [5, 5.41) is 0. The van der Waals surface area contributed by atoms with Crippen molar-refractivity contribution in [2.75, 3.05) is 6.61 Å². The second-order valence-corrected chi connectivity index (χ2v) is 5.09. The van der Waals surface area contributed by atoms with Gasteiger partial charge in [0.2, 0.25) is 0 Å². The zero-order valence-electron chi connectivity index (χ0n) is 12.9. The summed E-state index contributed by atoms with van der Waals surface area (Å²) in [5.74, 6) is -0.471. The molecular weight excluding hydrogens is 264 g/mol. The maximum atomic E-state index is 11.4. The van der Waals surface area contributed by atoms with Crippen molar-refractivity contribution in [3.05, 3.63) is 42.0 Å². The molecule has 0 aliphatic rings. The van der Waals surface area contributed by atoms with Crippen molar-refractivity contribution in [2.45, 2.75) is 51.9 Å². The molecule has 0 radical (unpaired) electrons. The van der Waals surface area contributed by atoms with Crippen LogP contribution in [-0.4, -0.2) is 12.6 Å². The summed E-state index contributed by atoms with van der Waals surface area (Å²) in [6, 6.07) is 9.61. The number of unbranched alkanes of at least 4 members (excludes halogenated alkanes) is 6. The van der Waals surface area contributed by atoms with Crippen molar-refractivity contribution in [2.24, 2.45) is 0 Å². The highest BCUT2D eigenvalue weighted by Crippen LogP contribution is 2.07. The summed E-state index contributed by atoms with van der Waals surface area (Å²) >= 11 is 0. The lowest BCUT2D eigenvalue weighted by atomic mass is 10.1. The molecule has 3 heteroatoms. The minimum absolute atomic E-state index is 0.471. The SMILES string of the molecule is CCCCCCCCCOOC(=O)C=Cc1ccccc1. The van der Waals surface area contributed by atoms with Crippen LogP contribution in [0.3, 0.4) is 0 Å². The first-order chi connectivity index (χ1) is 10.3. The van der Waals surface area contributed by atoms with E-state index in [0.29, 0.717) is 6.61 Å². The highest BCUT2D eigenvalue weighted by molar-refractivity contribution is 5.86.